The molecule has 0 aromatic carbocycles. The maximum absolute atomic E-state index is 11.5. The van der Waals surface area contributed by atoms with Gasteiger partial charge < -0.3 is 10.0 Å². The molecule has 0 aliphatic carbocycles. The summed E-state index contributed by atoms with van der Waals surface area (Å²) in [6.07, 6.45) is 1.30. The van der Waals surface area contributed by atoms with Crippen LogP contribution in [-0.4, -0.2) is 28.7 Å². The standard InChI is InChI=1S/C10H17NO2/c1-4-5-6-11-9(12)7(2)8(3)10(11)13/h9,12H,4-6H2,1-3H3/t9-/m0/s1. The minimum Gasteiger partial charge on any atom is -0.369 e. The normalized spacial score (nSPS) is 23.2. The molecule has 0 unspecified atom stereocenters. The van der Waals surface area contributed by atoms with Crippen LogP contribution in [0.3, 0.4) is 0 Å². The Morgan fingerprint density at radius 3 is 2.46 bits per heavy atom. The van der Waals surface area contributed by atoms with Gasteiger partial charge in [0.2, 0.25) is 0 Å². The predicted molar refractivity (Wildman–Crippen MR) is 51.0 cm³/mol. The van der Waals surface area contributed by atoms with Crippen molar-refractivity contribution in [2.45, 2.75) is 39.8 Å². The number of aliphatic hydroxyl groups excluding tert-OH is 1. The zero-order valence-electron chi connectivity index (χ0n) is 8.50. The van der Waals surface area contributed by atoms with Gasteiger partial charge in [-0.1, -0.05) is 13.3 Å². The third-order valence-electron chi connectivity index (χ3n) is 2.61. The second kappa shape index (κ2) is 3.92. The third-order valence-corrected chi connectivity index (χ3v) is 2.61. The molecule has 13 heavy (non-hydrogen) atoms. The fraction of sp³-hybridized carbons (Fsp3) is 0.700. The highest BCUT2D eigenvalue weighted by atomic mass is 16.3. The second-order valence-corrected chi connectivity index (χ2v) is 3.53. The maximum atomic E-state index is 11.5. The van der Waals surface area contributed by atoms with Gasteiger partial charge in [0, 0.05) is 12.1 Å². The number of hydrogen-bond acceptors (Lipinski definition) is 2. The molecule has 0 saturated heterocycles. The average Bonchev–Trinajstić information content (AvgIpc) is 2.30. The number of amides is 1. The molecule has 0 radical (unpaired) electrons. The number of nitrogens with zero attached hydrogens (tertiary/aromatic N) is 1. The Kier molecular flexibility index (Phi) is 3.09. The highest BCUT2D eigenvalue weighted by Gasteiger charge is 2.32. The molecule has 0 bridgehead atoms. The molecule has 1 aliphatic rings. The first-order valence-electron chi connectivity index (χ1n) is 4.76. The van der Waals surface area contributed by atoms with E-state index in [1.54, 1.807) is 6.92 Å². The van der Waals surface area contributed by atoms with Crippen LogP contribution in [0.25, 0.3) is 0 Å². The topological polar surface area (TPSA) is 40.5 Å². The van der Waals surface area contributed by atoms with Crippen molar-refractivity contribution in [3.05, 3.63) is 11.1 Å². The van der Waals surface area contributed by atoms with Crippen molar-refractivity contribution in [3.8, 4) is 0 Å². The van der Waals surface area contributed by atoms with Crippen LogP contribution in [-0.2, 0) is 4.79 Å². The highest BCUT2D eigenvalue weighted by molar-refractivity contribution is 5.96. The Labute approximate surface area is 79.0 Å². The summed E-state index contributed by atoms with van der Waals surface area (Å²) in [6.45, 7) is 6.31. The molecule has 3 nitrogen and oxygen atoms in total. The Morgan fingerprint density at radius 2 is 2.08 bits per heavy atom. The molecule has 74 valence electrons. The monoisotopic (exact) mass is 183 g/mol. The summed E-state index contributed by atoms with van der Waals surface area (Å²) in [4.78, 5) is 13.1. The molecule has 1 atom stereocenters. The molecule has 1 N–H and O–H groups in total. The van der Waals surface area contributed by atoms with E-state index in [2.05, 4.69) is 6.92 Å². The number of carbonyl (C=O) groups excluding carboxylic acids is 1. The lowest BCUT2D eigenvalue weighted by Crippen LogP contribution is -2.35. The van der Waals surface area contributed by atoms with E-state index in [4.69, 9.17) is 0 Å². The van der Waals surface area contributed by atoms with E-state index in [9.17, 15) is 9.90 Å². The van der Waals surface area contributed by atoms with E-state index >= 15 is 0 Å². The van der Waals surface area contributed by atoms with Gasteiger partial charge in [-0.05, 0) is 25.8 Å². The lowest BCUT2D eigenvalue weighted by molar-refractivity contribution is -0.131. The van der Waals surface area contributed by atoms with Crippen molar-refractivity contribution in [1.29, 1.82) is 0 Å². The summed E-state index contributed by atoms with van der Waals surface area (Å²) in [6, 6.07) is 0. The number of aliphatic hydroxyl groups is 1. The third kappa shape index (κ3) is 1.75. The minimum absolute atomic E-state index is 0.0153. The van der Waals surface area contributed by atoms with Crippen molar-refractivity contribution in [3.63, 3.8) is 0 Å². The summed E-state index contributed by atoms with van der Waals surface area (Å²) in [7, 11) is 0. The Morgan fingerprint density at radius 1 is 1.46 bits per heavy atom. The van der Waals surface area contributed by atoms with E-state index in [0.29, 0.717) is 12.1 Å². The first-order chi connectivity index (χ1) is 6.09. The maximum Gasteiger partial charge on any atom is 0.251 e. The SMILES string of the molecule is CCCCN1C(=O)C(C)=C(C)[C@@H]1O. The molecule has 1 aliphatic heterocycles. The van der Waals surface area contributed by atoms with Gasteiger partial charge in [-0.15, -0.1) is 0 Å². The fourth-order valence-corrected chi connectivity index (χ4v) is 1.47. The minimum atomic E-state index is -0.681. The number of rotatable bonds is 3. The molecule has 1 heterocycles. The average molecular weight is 183 g/mol. The van der Waals surface area contributed by atoms with Gasteiger partial charge in [-0.2, -0.15) is 0 Å². The van der Waals surface area contributed by atoms with E-state index in [1.165, 1.54) is 4.90 Å². The van der Waals surface area contributed by atoms with Gasteiger partial charge in [-0.25, -0.2) is 0 Å². The fourth-order valence-electron chi connectivity index (χ4n) is 1.47. The van der Waals surface area contributed by atoms with Crippen molar-refractivity contribution in [1.82, 2.24) is 4.90 Å². The molecule has 0 fully saturated rings. The van der Waals surface area contributed by atoms with Crippen LogP contribution in [0.2, 0.25) is 0 Å². The van der Waals surface area contributed by atoms with Gasteiger partial charge in [0.25, 0.3) is 5.91 Å². The van der Waals surface area contributed by atoms with Crippen LogP contribution < -0.4 is 0 Å². The largest absolute Gasteiger partial charge is 0.369 e. The van der Waals surface area contributed by atoms with Crippen LogP contribution >= 0.6 is 0 Å². The lowest BCUT2D eigenvalue weighted by Gasteiger charge is -2.21. The molecule has 0 aromatic rings. The predicted octanol–water partition coefficient (Wildman–Crippen LogP) is 1.28. The summed E-state index contributed by atoms with van der Waals surface area (Å²) in [5, 5.41) is 9.67. The van der Waals surface area contributed by atoms with Crippen molar-refractivity contribution in [2.75, 3.05) is 6.54 Å². The van der Waals surface area contributed by atoms with Crippen LogP contribution in [0.15, 0.2) is 11.1 Å². The highest BCUT2D eigenvalue weighted by Crippen LogP contribution is 2.23. The summed E-state index contributed by atoms with van der Waals surface area (Å²) in [5.41, 5.74) is 1.49. The van der Waals surface area contributed by atoms with E-state index in [-0.39, 0.29) is 5.91 Å². The molecule has 1 amide bonds. The van der Waals surface area contributed by atoms with Gasteiger partial charge in [0.1, 0.15) is 0 Å². The van der Waals surface area contributed by atoms with Crippen LogP contribution in [0.5, 0.6) is 0 Å². The Hall–Kier alpha value is -0.830. The lowest BCUT2D eigenvalue weighted by atomic mass is 10.2. The second-order valence-electron chi connectivity index (χ2n) is 3.53. The van der Waals surface area contributed by atoms with Crippen LogP contribution in [0.4, 0.5) is 0 Å². The van der Waals surface area contributed by atoms with Gasteiger partial charge in [0.05, 0.1) is 0 Å². The van der Waals surface area contributed by atoms with Gasteiger partial charge in [0.15, 0.2) is 6.23 Å². The molecular weight excluding hydrogens is 166 g/mol. The summed E-state index contributed by atoms with van der Waals surface area (Å²) < 4.78 is 0. The van der Waals surface area contributed by atoms with Gasteiger partial charge in [-0.3, -0.25) is 4.79 Å². The van der Waals surface area contributed by atoms with Crippen molar-refractivity contribution < 1.29 is 9.90 Å². The summed E-state index contributed by atoms with van der Waals surface area (Å²) in [5.74, 6) is -0.0153. The number of unbranched alkanes of at least 4 members (excludes halogenated alkanes) is 1. The number of hydrogen-bond donors (Lipinski definition) is 1. The van der Waals surface area contributed by atoms with Crippen molar-refractivity contribution >= 4 is 5.91 Å². The zero-order chi connectivity index (χ0) is 10.0. The molecule has 0 aromatic heterocycles. The zero-order valence-corrected chi connectivity index (χ0v) is 8.50. The summed E-state index contributed by atoms with van der Waals surface area (Å²) >= 11 is 0. The van der Waals surface area contributed by atoms with E-state index in [0.717, 1.165) is 18.4 Å². The molecule has 0 saturated carbocycles. The molecular formula is C10H17NO2. The van der Waals surface area contributed by atoms with Crippen LogP contribution in [0, 0.1) is 0 Å². The Balaban J connectivity index is 2.67. The van der Waals surface area contributed by atoms with Crippen LogP contribution in [0.1, 0.15) is 33.6 Å². The van der Waals surface area contributed by atoms with Gasteiger partial charge >= 0.3 is 0 Å². The van der Waals surface area contributed by atoms with E-state index < -0.39 is 6.23 Å². The first-order valence-corrected chi connectivity index (χ1v) is 4.76. The number of carbonyl (C=O) groups is 1. The van der Waals surface area contributed by atoms with Crippen molar-refractivity contribution in [2.24, 2.45) is 0 Å². The van der Waals surface area contributed by atoms with E-state index in [1.807, 2.05) is 6.92 Å². The smallest absolute Gasteiger partial charge is 0.251 e. The molecule has 3 heteroatoms. The Bertz CT molecular complexity index is 245. The molecule has 0 spiro atoms. The quantitative estimate of drug-likeness (QED) is 0.716. The first kappa shape index (κ1) is 10.3. The molecule has 1 rings (SSSR count).